The quantitative estimate of drug-likeness (QED) is 0.519. The van der Waals surface area contributed by atoms with Gasteiger partial charge in [-0.05, 0) is 52.4 Å². The normalized spacial score (nSPS) is 14.8. The average molecular weight is 222 g/mol. The Balaban J connectivity index is 2.67. The second-order valence-electron chi connectivity index (χ2n) is 3.18. The second kappa shape index (κ2) is 2.80. The smallest absolute Gasteiger partial charge is 0.117 e. The van der Waals surface area contributed by atoms with Crippen LogP contribution in [-0.2, 0) is 12.8 Å². The topological polar surface area (TPSA) is 26.0 Å². The second-order valence-corrected chi connectivity index (χ2v) is 4.03. The zero-order valence-corrected chi connectivity index (χ0v) is 8.32. The average Bonchev–Trinajstić information content (AvgIpc) is 2.48. The number of hydrogen-bond donors (Lipinski definition) is 1. The number of aryl methyl sites for hydroxylation is 1. The molecule has 0 saturated carbocycles. The molecule has 3 heteroatoms. The van der Waals surface area contributed by atoms with Crippen molar-refractivity contribution >= 4 is 34.9 Å². The molecule has 1 aromatic rings. The first kappa shape index (κ1) is 8.18. The van der Waals surface area contributed by atoms with Gasteiger partial charge < -0.3 is 5.73 Å². The summed E-state index contributed by atoms with van der Waals surface area (Å²) < 4.78 is 0.931. The first-order valence-corrected chi connectivity index (χ1v) is 4.84. The maximum atomic E-state index is 5.88. The van der Waals surface area contributed by atoms with Gasteiger partial charge in [-0.15, -0.1) is 0 Å². The van der Waals surface area contributed by atoms with Gasteiger partial charge in [0, 0.05) is 10.2 Å². The Hall–Kier alpha value is -0.435. The maximum absolute atomic E-state index is 5.88. The summed E-state index contributed by atoms with van der Waals surface area (Å²) in [5, 5.41) is 0. The zero-order valence-electron chi connectivity index (χ0n) is 6.73. The van der Waals surface area contributed by atoms with Crippen LogP contribution < -0.4 is 11.2 Å². The summed E-state index contributed by atoms with van der Waals surface area (Å²) in [4.78, 5) is 0. The number of halogens is 1. The molecular formula is C9H9BBrN. The molecule has 0 fully saturated rings. The van der Waals surface area contributed by atoms with E-state index in [0.29, 0.717) is 5.69 Å². The lowest BCUT2D eigenvalue weighted by Gasteiger charge is -2.09. The molecule has 1 aliphatic rings. The Labute approximate surface area is 81.9 Å². The van der Waals surface area contributed by atoms with E-state index in [1.807, 2.05) is 0 Å². The summed E-state index contributed by atoms with van der Waals surface area (Å²) >= 11 is 3.39. The fourth-order valence-electron chi connectivity index (χ4n) is 1.76. The van der Waals surface area contributed by atoms with Crippen LogP contribution in [0.4, 0.5) is 5.69 Å². The summed E-state index contributed by atoms with van der Waals surface area (Å²) in [6.45, 7) is 0. The predicted octanol–water partition coefficient (Wildman–Crippen LogP) is 1.31. The van der Waals surface area contributed by atoms with Crippen LogP contribution in [0.5, 0.6) is 0 Å². The molecule has 0 bridgehead atoms. The third-order valence-electron chi connectivity index (χ3n) is 2.43. The molecule has 2 rings (SSSR count). The molecule has 0 saturated heterocycles. The highest BCUT2D eigenvalue weighted by Crippen LogP contribution is 2.27. The van der Waals surface area contributed by atoms with E-state index in [1.165, 1.54) is 17.5 Å². The molecule has 0 atom stereocenters. The highest BCUT2D eigenvalue weighted by Gasteiger charge is 2.15. The van der Waals surface area contributed by atoms with Crippen molar-refractivity contribution in [2.75, 3.05) is 5.73 Å². The first-order valence-electron chi connectivity index (χ1n) is 4.05. The Morgan fingerprint density at radius 1 is 1.42 bits per heavy atom. The molecule has 1 aromatic carbocycles. The number of nitrogen functional groups attached to an aromatic ring is 1. The molecule has 1 aliphatic carbocycles. The standard InChI is InChI=1S/C9H9BBrN/c10-8-6-3-1-2-5(6)4-7(11)9(8)12/h4H,1-3,12H2. The summed E-state index contributed by atoms with van der Waals surface area (Å²) in [6.07, 6.45) is 3.42. The van der Waals surface area contributed by atoms with Crippen molar-refractivity contribution in [3.05, 3.63) is 21.7 Å². The highest BCUT2D eigenvalue weighted by molar-refractivity contribution is 9.10. The van der Waals surface area contributed by atoms with Gasteiger partial charge in [0.15, 0.2) is 0 Å². The summed E-state index contributed by atoms with van der Waals surface area (Å²) in [7, 11) is 5.88. The molecule has 0 aromatic heterocycles. The maximum Gasteiger partial charge on any atom is 0.117 e. The van der Waals surface area contributed by atoms with Gasteiger partial charge in [0.1, 0.15) is 7.85 Å². The van der Waals surface area contributed by atoms with E-state index < -0.39 is 0 Å². The fraction of sp³-hybridized carbons (Fsp3) is 0.333. The van der Waals surface area contributed by atoms with Crippen LogP contribution in [0.15, 0.2) is 10.5 Å². The summed E-state index contributed by atoms with van der Waals surface area (Å²) in [6, 6.07) is 2.09. The van der Waals surface area contributed by atoms with E-state index in [1.54, 1.807) is 0 Å². The van der Waals surface area contributed by atoms with E-state index in [9.17, 15) is 0 Å². The van der Waals surface area contributed by atoms with Gasteiger partial charge in [0.05, 0.1) is 0 Å². The molecule has 60 valence electrons. The van der Waals surface area contributed by atoms with E-state index in [0.717, 1.165) is 22.8 Å². The van der Waals surface area contributed by atoms with Crippen LogP contribution in [-0.4, -0.2) is 7.85 Å². The van der Waals surface area contributed by atoms with Crippen LogP contribution >= 0.6 is 15.9 Å². The monoisotopic (exact) mass is 221 g/mol. The Morgan fingerprint density at radius 2 is 2.17 bits per heavy atom. The molecule has 0 amide bonds. The Morgan fingerprint density at radius 3 is 2.92 bits per heavy atom. The van der Waals surface area contributed by atoms with Crippen LogP contribution in [0.1, 0.15) is 17.5 Å². The third-order valence-corrected chi connectivity index (χ3v) is 3.09. The van der Waals surface area contributed by atoms with E-state index >= 15 is 0 Å². The number of benzene rings is 1. The number of anilines is 1. The van der Waals surface area contributed by atoms with Crippen molar-refractivity contribution in [1.29, 1.82) is 0 Å². The van der Waals surface area contributed by atoms with Gasteiger partial charge in [-0.25, -0.2) is 0 Å². The summed E-state index contributed by atoms with van der Waals surface area (Å²) in [5.41, 5.74) is 9.86. The Kier molecular flexibility index (Phi) is 1.91. The number of hydrogen-bond acceptors (Lipinski definition) is 1. The summed E-state index contributed by atoms with van der Waals surface area (Å²) in [5.74, 6) is 0. The minimum atomic E-state index is 0.690. The van der Waals surface area contributed by atoms with Crippen LogP contribution in [0.3, 0.4) is 0 Å². The lowest BCUT2D eigenvalue weighted by molar-refractivity contribution is 0.913. The number of rotatable bonds is 0. The minimum Gasteiger partial charge on any atom is -0.398 e. The van der Waals surface area contributed by atoms with Crippen molar-refractivity contribution in [3.8, 4) is 0 Å². The molecule has 1 nitrogen and oxygen atoms in total. The van der Waals surface area contributed by atoms with E-state index in [2.05, 4.69) is 22.0 Å². The third kappa shape index (κ3) is 1.07. The predicted molar refractivity (Wildman–Crippen MR) is 56.0 cm³/mol. The van der Waals surface area contributed by atoms with Crippen molar-refractivity contribution in [1.82, 2.24) is 0 Å². The molecule has 2 N–H and O–H groups in total. The molecule has 0 unspecified atom stereocenters. The van der Waals surface area contributed by atoms with E-state index in [4.69, 9.17) is 13.6 Å². The van der Waals surface area contributed by atoms with Crippen molar-refractivity contribution in [3.63, 3.8) is 0 Å². The van der Waals surface area contributed by atoms with Gasteiger partial charge in [-0.3, -0.25) is 0 Å². The Bertz CT molecular complexity index is 336. The van der Waals surface area contributed by atoms with Gasteiger partial charge >= 0.3 is 0 Å². The molecule has 2 radical (unpaired) electrons. The van der Waals surface area contributed by atoms with Crippen molar-refractivity contribution in [2.45, 2.75) is 19.3 Å². The van der Waals surface area contributed by atoms with Crippen LogP contribution in [0.25, 0.3) is 0 Å². The SMILES string of the molecule is [B]c1c(N)c(Br)cc2c1CCC2. The molecule has 0 aliphatic heterocycles. The van der Waals surface area contributed by atoms with Crippen LogP contribution in [0.2, 0.25) is 0 Å². The molecule has 0 heterocycles. The minimum absolute atomic E-state index is 0.690. The molecule has 12 heavy (non-hydrogen) atoms. The fourth-order valence-corrected chi connectivity index (χ4v) is 2.25. The lowest BCUT2D eigenvalue weighted by atomic mass is 9.87. The van der Waals surface area contributed by atoms with Gasteiger partial charge in [-0.1, -0.05) is 5.46 Å². The van der Waals surface area contributed by atoms with E-state index in [-0.39, 0.29) is 0 Å². The van der Waals surface area contributed by atoms with Gasteiger partial charge in [0.25, 0.3) is 0 Å². The number of nitrogens with two attached hydrogens (primary N) is 1. The highest BCUT2D eigenvalue weighted by atomic mass is 79.9. The number of fused-ring (bicyclic) bond motifs is 1. The molecule has 0 spiro atoms. The van der Waals surface area contributed by atoms with Crippen LogP contribution in [0, 0.1) is 0 Å². The van der Waals surface area contributed by atoms with Gasteiger partial charge in [0.2, 0.25) is 0 Å². The molecular weight excluding hydrogens is 213 g/mol. The van der Waals surface area contributed by atoms with Crippen molar-refractivity contribution in [2.24, 2.45) is 0 Å². The first-order chi connectivity index (χ1) is 5.70. The lowest BCUT2D eigenvalue weighted by Crippen LogP contribution is -2.16. The largest absolute Gasteiger partial charge is 0.398 e. The van der Waals surface area contributed by atoms with Crippen molar-refractivity contribution < 1.29 is 0 Å². The zero-order chi connectivity index (χ0) is 8.72. The van der Waals surface area contributed by atoms with Gasteiger partial charge in [-0.2, -0.15) is 0 Å².